The Hall–Kier alpha value is -1.85. The van der Waals surface area contributed by atoms with Crippen LogP contribution in [0.4, 0.5) is 0 Å². The number of nitrogens with zero attached hydrogens (tertiary/aromatic N) is 2. The van der Waals surface area contributed by atoms with E-state index in [1.807, 2.05) is 20.8 Å². The molecule has 1 atom stereocenters. The van der Waals surface area contributed by atoms with Crippen molar-refractivity contribution >= 4 is 11.9 Å². The number of oxazole rings is 1. The van der Waals surface area contributed by atoms with Crippen molar-refractivity contribution in [1.82, 2.24) is 9.88 Å². The summed E-state index contributed by atoms with van der Waals surface area (Å²) in [5.41, 5.74) is -0.233. The summed E-state index contributed by atoms with van der Waals surface area (Å²) in [6, 6.07) is -0.766. The van der Waals surface area contributed by atoms with Crippen molar-refractivity contribution < 1.29 is 19.1 Å². The van der Waals surface area contributed by atoms with Crippen LogP contribution in [0.25, 0.3) is 0 Å². The van der Waals surface area contributed by atoms with E-state index in [2.05, 4.69) is 4.98 Å². The molecule has 1 fully saturated rings. The van der Waals surface area contributed by atoms with Gasteiger partial charge in [0.1, 0.15) is 11.8 Å². The number of carbonyl (C=O) groups excluding carboxylic acids is 1. The van der Waals surface area contributed by atoms with Crippen molar-refractivity contribution in [2.45, 2.75) is 45.1 Å². The van der Waals surface area contributed by atoms with Crippen LogP contribution >= 0.6 is 0 Å². The number of amides is 1. The normalized spacial score (nSPS) is 19.7. The maximum Gasteiger partial charge on any atom is 0.326 e. The van der Waals surface area contributed by atoms with Gasteiger partial charge in [-0.25, -0.2) is 9.78 Å². The van der Waals surface area contributed by atoms with Crippen LogP contribution < -0.4 is 0 Å². The lowest BCUT2D eigenvalue weighted by molar-refractivity contribution is -0.141. The van der Waals surface area contributed by atoms with Crippen LogP contribution in [-0.4, -0.2) is 39.5 Å². The number of hydrogen-bond donors (Lipinski definition) is 1. The molecule has 1 aromatic rings. The lowest BCUT2D eigenvalue weighted by Crippen LogP contribution is -2.40. The Morgan fingerprint density at radius 1 is 1.47 bits per heavy atom. The number of carbonyl (C=O) groups is 2. The Labute approximate surface area is 111 Å². The highest BCUT2D eigenvalue weighted by Gasteiger charge is 2.36. The molecule has 0 aliphatic carbocycles. The van der Waals surface area contributed by atoms with E-state index in [9.17, 15) is 9.59 Å². The minimum Gasteiger partial charge on any atom is -0.480 e. The second-order valence-electron chi connectivity index (χ2n) is 5.77. The number of hydrogen-bond acceptors (Lipinski definition) is 4. The standard InChI is InChI=1S/C13H18N2O4/c1-13(2,3)9-7-14-10(19-9)11(16)15-6-4-5-8(15)12(17)18/h7-8H,4-6H2,1-3H3,(H,17,18)/t8-/m0/s1. The summed E-state index contributed by atoms with van der Waals surface area (Å²) in [4.78, 5) is 28.6. The van der Waals surface area contributed by atoms with Crippen LogP contribution in [0.15, 0.2) is 10.6 Å². The molecule has 0 unspecified atom stereocenters. The van der Waals surface area contributed by atoms with Gasteiger partial charge in [-0.15, -0.1) is 0 Å². The Kier molecular flexibility index (Phi) is 3.34. The Bertz CT molecular complexity index is 501. The zero-order valence-corrected chi connectivity index (χ0v) is 11.3. The zero-order valence-electron chi connectivity index (χ0n) is 11.3. The monoisotopic (exact) mass is 266 g/mol. The maximum atomic E-state index is 12.2. The van der Waals surface area contributed by atoms with E-state index in [4.69, 9.17) is 9.52 Å². The summed E-state index contributed by atoms with van der Waals surface area (Å²) in [6.07, 6.45) is 2.70. The first-order valence-corrected chi connectivity index (χ1v) is 6.31. The van der Waals surface area contributed by atoms with E-state index in [1.165, 1.54) is 11.1 Å². The predicted molar refractivity (Wildman–Crippen MR) is 66.9 cm³/mol. The number of likely N-dealkylation sites (tertiary alicyclic amines) is 1. The molecule has 6 heteroatoms. The van der Waals surface area contributed by atoms with Gasteiger partial charge in [0, 0.05) is 12.0 Å². The fourth-order valence-electron chi connectivity index (χ4n) is 2.11. The minimum absolute atomic E-state index is 0.0296. The van der Waals surface area contributed by atoms with E-state index in [1.54, 1.807) is 0 Å². The molecule has 0 radical (unpaired) electrons. The van der Waals surface area contributed by atoms with Gasteiger partial charge in [-0.3, -0.25) is 4.79 Å². The topological polar surface area (TPSA) is 83.6 Å². The van der Waals surface area contributed by atoms with Crippen molar-refractivity contribution in [2.75, 3.05) is 6.54 Å². The smallest absolute Gasteiger partial charge is 0.326 e. The first kappa shape index (κ1) is 13.6. The SMILES string of the molecule is CC(C)(C)c1cnc(C(=O)N2CCC[C@H]2C(=O)O)o1. The quantitative estimate of drug-likeness (QED) is 0.880. The van der Waals surface area contributed by atoms with Gasteiger partial charge in [-0.05, 0) is 12.8 Å². The second kappa shape index (κ2) is 4.68. The van der Waals surface area contributed by atoms with Crippen molar-refractivity contribution in [1.29, 1.82) is 0 Å². The first-order chi connectivity index (χ1) is 8.80. The van der Waals surface area contributed by atoms with Gasteiger partial charge in [-0.1, -0.05) is 20.8 Å². The molecular formula is C13H18N2O4. The van der Waals surface area contributed by atoms with Crippen LogP contribution in [0, 0.1) is 0 Å². The molecule has 0 bridgehead atoms. The number of carboxylic acid groups (broad SMARTS) is 1. The van der Waals surface area contributed by atoms with Gasteiger partial charge in [0.05, 0.1) is 6.20 Å². The molecule has 6 nitrogen and oxygen atoms in total. The summed E-state index contributed by atoms with van der Waals surface area (Å²) in [5, 5.41) is 9.07. The predicted octanol–water partition coefficient (Wildman–Crippen LogP) is 1.66. The molecule has 0 aromatic carbocycles. The fourth-order valence-corrected chi connectivity index (χ4v) is 2.11. The highest BCUT2D eigenvalue weighted by molar-refractivity contribution is 5.93. The molecule has 2 rings (SSSR count). The molecule has 19 heavy (non-hydrogen) atoms. The third kappa shape index (κ3) is 2.62. The van der Waals surface area contributed by atoms with Crippen LogP contribution in [0.3, 0.4) is 0 Å². The number of aliphatic carboxylic acids is 1. The number of rotatable bonds is 2. The van der Waals surface area contributed by atoms with Gasteiger partial charge >= 0.3 is 11.9 Å². The molecule has 1 N–H and O–H groups in total. The Morgan fingerprint density at radius 2 is 2.16 bits per heavy atom. The Morgan fingerprint density at radius 3 is 2.68 bits per heavy atom. The lowest BCUT2D eigenvalue weighted by Gasteiger charge is -2.19. The van der Waals surface area contributed by atoms with Crippen molar-refractivity contribution in [2.24, 2.45) is 0 Å². The molecule has 1 amide bonds. The van der Waals surface area contributed by atoms with Crippen LogP contribution in [0.2, 0.25) is 0 Å². The highest BCUT2D eigenvalue weighted by Crippen LogP contribution is 2.25. The summed E-state index contributed by atoms with van der Waals surface area (Å²) >= 11 is 0. The first-order valence-electron chi connectivity index (χ1n) is 6.31. The molecular weight excluding hydrogens is 248 g/mol. The van der Waals surface area contributed by atoms with Gasteiger partial charge in [0.25, 0.3) is 5.89 Å². The van der Waals surface area contributed by atoms with E-state index >= 15 is 0 Å². The second-order valence-corrected chi connectivity index (χ2v) is 5.77. The summed E-state index contributed by atoms with van der Waals surface area (Å²) in [6.45, 7) is 6.30. The number of aromatic nitrogens is 1. The van der Waals surface area contributed by atoms with Crippen molar-refractivity contribution in [3.63, 3.8) is 0 Å². The van der Waals surface area contributed by atoms with Crippen LogP contribution in [0.1, 0.15) is 50.1 Å². The minimum atomic E-state index is -0.978. The molecule has 104 valence electrons. The highest BCUT2D eigenvalue weighted by atomic mass is 16.4. The fraction of sp³-hybridized carbons (Fsp3) is 0.615. The molecule has 0 spiro atoms. The van der Waals surface area contributed by atoms with Crippen LogP contribution in [0.5, 0.6) is 0 Å². The molecule has 2 heterocycles. The van der Waals surface area contributed by atoms with Gasteiger partial charge < -0.3 is 14.4 Å². The average molecular weight is 266 g/mol. The van der Waals surface area contributed by atoms with E-state index in [-0.39, 0.29) is 11.3 Å². The third-order valence-electron chi connectivity index (χ3n) is 3.23. The van der Waals surface area contributed by atoms with Crippen LogP contribution in [-0.2, 0) is 10.2 Å². The number of carboxylic acids is 1. The van der Waals surface area contributed by atoms with Gasteiger partial charge in [0.2, 0.25) is 0 Å². The van der Waals surface area contributed by atoms with Crippen molar-refractivity contribution in [3.05, 3.63) is 17.8 Å². The van der Waals surface area contributed by atoms with E-state index in [0.717, 1.165) is 0 Å². The largest absolute Gasteiger partial charge is 0.480 e. The summed E-state index contributed by atoms with van der Waals surface area (Å²) in [7, 11) is 0. The van der Waals surface area contributed by atoms with Gasteiger partial charge in [0.15, 0.2) is 0 Å². The lowest BCUT2D eigenvalue weighted by atomic mass is 9.94. The molecule has 1 aliphatic heterocycles. The van der Waals surface area contributed by atoms with Gasteiger partial charge in [-0.2, -0.15) is 0 Å². The molecule has 1 saturated heterocycles. The van der Waals surface area contributed by atoms with E-state index < -0.39 is 17.9 Å². The van der Waals surface area contributed by atoms with Crippen molar-refractivity contribution in [3.8, 4) is 0 Å². The molecule has 1 aliphatic rings. The molecule has 1 aromatic heterocycles. The maximum absolute atomic E-state index is 12.2. The Balaban J connectivity index is 2.20. The third-order valence-corrected chi connectivity index (χ3v) is 3.23. The zero-order chi connectivity index (χ0) is 14.2. The summed E-state index contributed by atoms with van der Waals surface area (Å²) < 4.78 is 5.46. The van der Waals surface area contributed by atoms with E-state index in [0.29, 0.717) is 25.1 Å². The summed E-state index contributed by atoms with van der Waals surface area (Å²) in [5.74, 6) is -0.839. The molecule has 0 saturated carbocycles. The average Bonchev–Trinajstić information content (AvgIpc) is 2.96.